The maximum atomic E-state index is 10.4. The van der Waals surface area contributed by atoms with Crippen molar-refractivity contribution in [2.24, 2.45) is 11.1 Å². The maximum Gasteiger partial charge on any atom is 0.433 e. The zero-order chi connectivity index (χ0) is 8.69. The molecule has 0 aliphatic rings. The zero-order valence-electron chi connectivity index (χ0n) is 6.50. The third-order valence-corrected chi connectivity index (χ3v) is 0.887. The van der Waals surface area contributed by atoms with Crippen LogP contribution in [0.15, 0.2) is 5.16 Å². The van der Waals surface area contributed by atoms with Gasteiger partial charge >= 0.3 is 6.09 Å². The van der Waals surface area contributed by atoms with Crippen LogP contribution in [0.2, 0.25) is 0 Å². The van der Waals surface area contributed by atoms with Crippen molar-refractivity contribution in [3.05, 3.63) is 0 Å². The summed E-state index contributed by atoms with van der Waals surface area (Å²) < 4.78 is 0. The van der Waals surface area contributed by atoms with Crippen molar-refractivity contribution >= 4 is 12.3 Å². The molecule has 0 saturated heterocycles. The molecule has 0 spiro atoms. The Morgan fingerprint density at radius 2 is 2.55 bits per heavy atom. The summed E-state index contributed by atoms with van der Waals surface area (Å²) >= 11 is 0. The zero-order valence-corrected chi connectivity index (χ0v) is 6.50. The van der Waals surface area contributed by atoms with E-state index < -0.39 is 6.09 Å². The normalized spacial score (nSPS) is 12.1. The maximum absolute atomic E-state index is 10.4. The van der Waals surface area contributed by atoms with Gasteiger partial charge in [-0.3, -0.25) is 4.84 Å². The van der Waals surface area contributed by atoms with Crippen molar-refractivity contribution in [2.75, 3.05) is 7.05 Å². The summed E-state index contributed by atoms with van der Waals surface area (Å²) in [7, 11) is 1.45. The Kier molecular flexibility index (Phi) is 4.58. The first-order valence-electron chi connectivity index (χ1n) is 3.09. The van der Waals surface area contributed by atoms with Crippen LogP contribution in [-0.4, -0.2) is 19.4 Å². The van der Waals surface area contributed by atoms with Crippen LogP contribution in [0.1, 0.15) is 6.92 Å². The third kappa shape index (κ3) is 4.97. The highest BCUT2D eigenvalue weighted by atomic mass is 16.7. The summed E-state index contributed by atoms with van der Waals surface area (Å²) in [5.74, 6) is 2.27. The molecule has 1 N–H and O–H groups in total. The molecule has 4 nitrogen and oxygen atoms in total. The second kappa shape index (κ2) is 5.30. The van der Waals surface area contributed by atoms with Gasteiger partial charge in [0.2, 0.25) is 0 Å². The fourth-order valence-corrected chi connectivity index (χ4v) is 0.258. The quantitative estimate of drug-likeness (QED) is 0.274. The van der Waals surface area contributed by atoms with Crippen molar-refractivity contribution < 1.29 is 9.63 Å². The van der Waals surface area contributed by atoms with Gasteiger partial charge in [0.05, 0.1) is 12.1 Å². The lowest BCUT2D eigenvalue weighted by Gasteiger charge is -1.94. The number of carbonyl (C=O) groups is 1. The van der Waals surface area contributed by atoms with E-state index in [1.807, 2.05) is 0 Å². The molecule has 11 heavy (non-hydrogen) atoms. The summed E-state index contributed by atoms with van der Waals surface area (Å²) in [5.41, 5.74) is 0. The lowest BCUT2D eigenvalue weighted by molar-refractivity contribution is 0.153. The first-order valence-corrected chi connectivity index (χ1v) is 3.09. The number of hydrogen-bond acceptors (Lipinski definition) is 3. The Labute approximate surface area is 65.6 Å². The van der Waals surface area contributed by atoms with E-state index in [0.29, 0.717) is 0 Å². The molecule has 0 aliphatic heterocycles. The molecule has 0 radical (unpaired) electrons. The topological polar surface area (TPSA) is 50.7 Å². The Balaban J connectivity index is 3.62. The first-order chi connectivity index (χ1) is 5.20. The lowest BCUT2D eigenvalue weighted by Crippen LogP contribution is -2.16. The van der Waals surface area contributed by atoms with E-state index in [1.54, 1.807) is 6.92 Å². The Hall–Kier alpha value is -1.50. The smallest absolute Gasteiger partial charge is 0.323 e. The number of nitrogens with zero attached hydrogens (tertiary/aromatic N) is 1. The van der Waals surface area contributed by atoms with Crippen LogP contribution in [0, 0.1) is 18.3 Å². The van der Waals surface area contributed by atoms with Gasteiger partial charge in [-0.1, -0.05) is 11.1 Å². The molecule has 0 aromatic carbocycles. The van der Waals surface area contributed by atoms with Gasteiger partial charge in [0.1, 0.15) is 0 Å². The molecule has 0 bridgehead atoms. The molecule has 4 heteroatoms. The molecule has 60 valence electrons. The van der Waals surface area contributed by atoms with Crippen molar-refractivity contribution in [2.45, 2.75) is 6.92 Å². The third-order valence-electron chi connectivity index (χ3n) is 0.887. The minimum atomic E-state index is -0.606. The highest BCUT2D eigenvalue weighted by molar-refractivity contribution is 5.69. The van der Waals surface area contributed by atoms with Crippen LogP contribution in [0.25, 0.3) is 0 Å². The van der Waals surface area contributed by atoms with Crippen molar-refractivity contribution in [1.29, 1.82) is 0 Å². The predicted molar refractivity (Wildman–Crippen MR) is 42.0 cm³/mol. The number of hydrogen-bond donors (Lipinski definition) is 1. The van der Waals surface area contributed by atoms with E-state index in [-0.39, 0.29) is 5.92 Å². The molecule has 0 saturated carbocycles. The summed E-state index contributed by atoms with van der Waals surface area (Å²) in [6.07, 6.45) is 5.79. The molecule has 0 aliphatic carbocycles. The van der Waals surface area contributed by atoms with E-state index in [1.165, 1.54) is 13.3 Å². The lowest BCUT2D eigenvalue weighted by atomic mass is 10.2. The standard InChI is InChI=1S/C7H10N2O2/c1-4-6(2)5-9-11-7(10)8-3/h1,5-6H,2-3H3,(H,8,10)/b9-5+. The number of amides is 1. The van der Waals surface area contributed by atoms with Crippen LogP contribution in [0.5, 0.6) is 0 Å². The summed E-state index contributed by atoms with van der Waals surface area (Å²) in [6, 6.07) is 0. The van der Waals surface area contributed by atoms with Crippen LogP contribution in [0.4, 0.5) is 4.79 Å². The largest absolute Gasteiger partial charge is 0.433 e. The van der Waals surface area contributed by atoms with Gasteiger partial charge < -0.3 is 5.32 Å². The van der Waals surface area contributed by atoms with Crippen molar-refractivity contribution in [3.63, 3.8) is 0 Å². The van der Waals surface area contributed by atoms with Crippen LogP contribution in [0.3, 0.4) is 0 Å². The van der Waals surface area contributed by atoms with Crippen molar-refractivity contribution in [1.82, 2.24) is 5.32 Å². The summed E-state index contributed by atoms with van der Waals surface area (Å²) in [4.78, 5) is 14.7. The molecule has 0 aromatic rings. The molecule has 0 aromatic heterocycles. The number of nitrogens with one attached hydrogen (secondary N) is 1. The van der Waals surface area contributed by atoms with E-state index in [2.05, 4.69) is 21.2 Å². The van der Waals surface area contributed by atoms with E-state index in [0.717, 1.165) is 0 Å². The van der Waals surface area contributed by atoms with Gasteiger partial charge in [-0.05, 0) is 6.92 Å². The average Bonchev–Trinajstić information content (AvgIpc) is 2.04. The minimum Gasteiger partial charge on any atom is -0.323 e. The molecular weight excluding hydrogens is 144 g/mol. The number of oxime groups is 1. The highest BCUT2D eigenvalue weighted by Gasteiger charge is 1.94. The fraction of sp³-hybridized carbons (Fsp3) is 0.429. The summed E-state index contributed by atoms with van der Waals surface area (Å²) in [5, 5.41) is 5.56. The van der Waals surface area contributed by atoms with E-state index in [4.69, 9.17) is 6.42 Å². The van der Waals surface area contributed by atoms with E-state index >= 15 is 0 Å². The molecule has 1 unspecified atom stereocenters. The number of rotatable bonds is 2. The average molecular weight is 154 g/mol. The second-order valence-electron chi connectivity index (χ2n) is 1.84. The van der Waals surface area contributed by atoms with Gasteiger partial charge in [-0.25, -0.2) is 4.79 Å². The van der Waals surface area contributed by atoms with Crippen LogP contribution in [-0.2, 0) is 4.84 Å². The molecule has 0 heterocycles. The van der Waals surface area contributed by atoms with Gasteiger partial charge in [-0.2, -0.15) is 0 Å². The van der Waals surface area contributed by atoms with Gasteiger partial charge in [0.25, 0.3) is 0 Å². The fourth-order valence-electron chi connectivity index (χ4n) is 0.258. The van der Waals surface area contributed by atoms with E-state index in [9.17, 15) is 4.79 Å². The molecule has 1 amide bonds. The molecule has 1 atom stereocenters. The SMILES string of the molecule is C#CC(C)/C=N/OC(=O)NC. The van der Waals surface area contributed by atoms with Crippen LogP contribution >= 0.6 is 0 Å². The number of terminal acetylenes is 1. The Morgan fingerprint density at radius 1 is 1.91 bits per heavy atom. The molecular formula is C7H10N2O2. The molecule has 0 rings (SSSR count). The van der Waals surface area contributed by atoms with Crippen molar-refractivity contribution in [3.8, 4) is 12.3 Å². The first kappa shape index (κ1) is 9.50. The molecule has 0 fully saturated rings. The van der Waals surface area contributed by atoms with Gasteiger partial charge in [0.15, 0.2) is 0 Å². The predicted octanol–water partition coefficient (Wildman–Crippen LogP) is 0.597. The summed E-state index contributed by atoms with van der Waals surface area (Å²) in [6.45, 7) is 1.76. The van der Waals surface area contributed by atoms with Gasteiger partial charge in [-0.15, -0.1) is 6.42 Å². The monoisotopic (exact) mass is 154 g/mol. The number of carbonyl (C=O) groups excluding carboxylic acids is 1. The Bertz CT molecular complexity index is 193. The Morgan fingerprint density at radius 3 is 3.00 bits per heavy atom. The van der Waals surface area contributed by atoms with Crippen LogP contribution < -0.4 is 5.32 Å². The highest BCUT2D eigenvalue weighted by Crippen LogP contribution is 1.86. The minimum absolute atomic E-state index is 0.125. The van der Waals surface area contributed by atoms with Gasteiger partial charge in [0, 0.05) is 7.05 Å². The second-order valence-corrected chi connectivity index (χ2v) is 1.84.